The standard InChI is InChI=1S/C22H25ClN4O/c1-21(2)19-9-15(23)3-4-18(19)20(28)27(21)17-10-16(11-25-12-17)26-13-22(14-26)5-7-24-8-6-22/h3-4,9-12,24H,5-8,13-14H2,1-2H3. The van der Waals surface area contributed by atoms with Crippen molar-refractivity contribution in [2.75, 3.05) is 36.0 Å². The van der Waals surface area contributed by atoms with Crippen LogP contribution < -0.4 is 15.1 Å². The lowest BCUT2D eigenvalue weighted by Gasteiger charge is -2.53. The highest BCUT2D eigenvalue weighted by molar-refractivity contribution is 6.31. The minimum atomic E-state index is -0.469. The number of hydrogen-bond acceptors (Lipinski definition) is 4. The average molecular weight is 397 g/mol. The van der Waals surface area contributed by atoms with Crippen LogP contribution in [-0.4, -0.2) is 37.1 Å². The van der Waals surface area contributed by atoms with Gasteiger partial charge in [-0.25, -0.2) is 0 Å². The van der Waals surface area contributed by atoms with Gasteiger partial charge in [-0.05, 0) is 69.6 Å². The largest absolute Gasteiger partial charge is 0.369 e. The summed E-state index contributed by atoms with van der Waals surface area (Å²) >= 11 is 6.20. The van der Waals surface area contributed by atoms with Crippen molar-refractivity contribution in [2.45, 2.75) is 32.2 Å². The smallest absolute Gasteiger partial charge is 0.259 e. The number of carbonyl (C=O) groups excluding carboxylic acids is 1. The van der Waals surface area contributed by atoms with Crippen LogP contribution in [0.2, 0.25) is 5.02 Å². The lowest BCUT2D eigenvalue weighted by Crippen LogP contribution is -2.60. The van der Waals surface area contributed by atoms with E-state index in [4.69, 9.17) is 11.6 Å². The number of piperidine rings is 1. The van der Waals surface area contributed by atoms with Crippen molar-refractivity contribution < 1.29 is 4.79 Å². The molecule has 1 aromatic carbocycles. The summed E-state index contributed by atoms with van der Waals surface area (Å²) in [6.45, 7) is 8.51. The Labute approximate surface area is 170 Å². The number of amides is 1. The molecule has 0 unspecified atom stereocenters. The number of carbonyl (C=O) groups is 1. The predicted molar refractivity (Wildman–Crippen MR) is 112 cm³/mol. The molecule has 0 bridgehead atoms. The number of nitrogens with zero attached hydrogens (tertiary/aromatic N) is 3. The summed E-state index contributed by atoms with van der Waals surface area (Å²) in [5.41, 5.74) is 3.61. The Kier molecular flexibility index (Phi) is 3.97. The van der Waals surface area contributed by atoms with Crippen LogP contribution in [0.3, 0.4) is 0 Å². The van der Waals surface area contributed by atoms with E-state index in [1.54, 1.807) is 12.3 Å². The second kappa shape index (κ2) is 6.19. The summed E-state index contributed by atoms with van der Waals surface area (Å²) in [5, 5.41) is 4.10. The van der Waals surface area contributed by atoms with Crippen molar-refractivity contribution in [3.8, 4) is 0 Å². The summed E-state index contributed by atoms with van der Waals surface area (Å²) in [6, 6.07) is 7.62. The quantitative estimate of drug-likeness (QED) is 0.838. The number of hydrogen-bond donors (Lipinski definition) is 1. The molecule has 0 radical (unpaired) electrons. The van der Waals surface area contributed by atoms with E-state index in [0.29, 0.717) is 10.4 Å². The minimum Gasteiger partial charge on any atom is -0.369 e. The van der Waals surface area contributed by atoms with Gasteiger partial charge in [0.05, 0.1) is 29.3 Å². The molecule has 2 aromatic rings. The van der Waals surface area contributed by atoms with Gasteiger partial charge in [-0.15, -0.1) is 0 Å². The first-order valence-corrected chi connectivity index (χ1v) is 10.3. The predicted octanol–water partition coefficient (Wildman–Crippen LogP) is 3.82. The molecule has 2 saturated heterocycles. The number of aromatic nitrogens is 1. The number of benzene rings is 1. The van der Waals surface area contributed by atoms with Crippen molar-refractivity contribution in [3.63, 3.8) is 0 Å². The van der Waals surface area contributed by atoms with Gasteiger partial charge in [0, 0.05) is 29.1 Å². The maximum Gasteiger partial charge on any atom is 0.259 e. The zero-order valence-corrected chi connectivity index (χ0v) is 17.1. The molecule has 3 aliphatic rings. The van der Waals surface area contributed by atoms with Gasteiger partial charge in [0.1, 0.15) is 0 Å². The fourth-order valence-corrected chi connectivity index (χ4v) is 5.25. The van der Waals surface area contributed by atoms with Crippen LogP contribution >= 0.6 is 11.6 Å². The Balaban J connectivity index is 1.43. The van der Waals surface area contributed by atoms with Gasteiger partial charge in [0.15, 0.2) is 0 Å². The lowest BCUT2D eigenvalue weighted by molar-refractivity contribution is 0.0982. The van der Waals surface area contributed by atoms with Crippen LogP contribution in [0.15, 0.2) is 36.7 Å². The molecule has 5 rings (SSSR count). The van der Waals surface area contributed by atoms with Crippen LogP contribution in [0.4, 0.5) is 11.4 Å². The zero-order chi connectivity index (χ0) is 19.5. The van der Waals surface area contributed by atoms with Crippen LogP contribution in [0, 0.1) is 5.41 Å². The van der Waals surface area contributed by atoms with Gasteiger partial charge in [-0.3, -0.25) is 14.7 Å². The number of rotatable bonds is 2. The molecule has 5 nitrogen and oxygen atoms in total. The van der Waals surface area contributed by atoms with Gasteiger partial charge in [-0.1, -0.05) is 11.6 Å². The number of anilines is 2. The molecule has 0 aliphatic carbocycles. The highest BCUT2D eigenvalue weighted by Crippen LogP contribution is 2.45. The second-order valence-corrected chi connectivity index (χ2v) is 9.33. The number of halogens is 1. The molecule has 4 heterocycles. The van der Waals surface area contributed by atoms with Crippen molar-refractivity contribution in [2.24, 2.45) is 5.41 Å². The van der Waals surface area contributed by atoms with Gasteiger partial charge in [0.2, 0.25) is 0 Å². The molecule has 0 atom stereocenters. The number of fused-ring (bicyclic) bond motifs is 1. The summed E-state index contributed by atoms with van der Waals surface area (Å²) in [5.74, 6) is 0.00838. The van der Waals surface area contributed by atoms with Gasteiger partial charge < -0.3 is 10.2 Å². The molecular weight excluding hydrogens is 372 g/mol. The van der Waals surface area contributed by atoms with E-state index in [2.05, 4.69) is 35.1 Å². The van der Waals surface area contributed by atoms with Crippen molar-refractivity contribution >= 4 is 28.9 Å². The van der Waals surface area contributed by atoms with Crippen LogP contribution in [0.5, 0.6) is 0 Å². The SMILES string of the molecule is CC1(C)c2cc(Cl)ccc2C(=O)N1c1cncc(N2CC3(CCNCC3)C2)c1. The molecule has 28 heavy (non-hydrogen) atoms. The van der Waals surface area contributed by atoms with Crippen molar-refractivity contribution in [3.05, 3.63) is 52.8 Å². The third kappa shape index (κ3) is 2.64. The third-order valence-corrected chi connectivity index (χ3v) is 6.92. The van der Waals surface area contributed by atoms with E-state index >= 15 is 0 Å². The Morgan fingerprint density at radius 3 is 2.54 bits per heavy atom. The maximum absolute atomic E-state index is 13.2. The Morgan fingerprint density at radius 1 is 1.07 bits per heavy atom. The van der Waals surface area contributed by atoms with Gasteiger partial charge in [-0.2, -0.15) is 0 Å². The van der Waals surface area contributed by atoms with Crippen molar-refractivity contribution in [1.29, 1.82) is 0 Å². The highest BCUT2D eigenvalue weighted by Gasteiger charge is 2.46. The molecule has 1 amide bonds. The fourth-order valence-electron chi connectivity index (χ4n) is 5.07. The topological polar surface area (TPSA) is 48.5 Å². The Hall–Kier alpha value is -2.11. The number of nitrogens with one attached hydrogen (secondary N) is 1. The third-order valence-electron chi connectivity index (χ3n) is 6.68. The van der Waals surface area contributed by atoms with E-state index in [1.807, 2.05) is 23.2 Å². The molecule has 1 spiro atoms. The summed E-state index contributed by atoms with van der Waals surface area (Å²) in [4.78, 5) is 21.9. The van der Waals surface area contributed by atoms with E-state index in [-0.39, 0.29) is 5.91 Å². The molecule has 6 heteroatoms. The molecule has 0 saturated carbocycles. The van der Waals surface area contributed by atoms with E-state index in [0.717, 1.165) is 48.7 Å². The number of pyridine rings is 1. The monoisotopic (exact) mass is 396 g/mol. The normalized spacial score (nSPS) is 22.3. The molecule has 2 fully saturated rings. The fraction of sp³-hybridized carbons (Fsp3) is 0.455. The maximum atomic E-state index is 13.2. The first kappa shape index (κ1) is 18.0. The lowest BCUT2D eigenvalue weighted by atomic mass is 9.72. The zero-order valence-electron chi connectivity index (χ0n) is 16.3. The molecule has 1 N–H and O–H groups in total. The first-order chi connectivity index (χ1) is 13.4. The highest BCUT2D eigenvalue weighted by atomic mass is 35.5. The summed E-state index contributed by atoms with van der Waals surface area (Å²) in [7, 11) is 0. The summed E-state index contributed by atoms with van der Waals surface area (Å²) < 4.78 is 0. The van der Waals surface area contributed by atoms with Crippen LogP contribution in [0.25, 0.3) is 0 Å². The van der Waals surface area contributed by atoms with Crippen LogP contribution in [0.1, 0.15) is 42.6 Å². The molecule has 1 aromatic heterocycles. The van der Waals surface area contributed by atoms with Crippen molar-refractivity contribution in [1.82, 2.24) is 10.3 Å². The summed E-state index contributed by atoms with van der Waals surface area (Å²) in [6.07, 6.45) is 6.18. The Morgan fingerprint density at radius 2 is 1.79 bits per heavy atom. The van der Waals surface area contributed by atoms with E-state index in [9.17, 15) is 4.79 Å². The average Bonchev–Trinajstić information content (AvgIpc) is 2.86. The minimum absolute atomic E-state index is 0.00838. The van der Waals surface area contributed by atoms with E-state index in [1.165, 1.54) is 12.8 Å². The Bertz CT molecular complexity index is 943. The van der Waals surface area contributed by atoms with E-state index < -0.39 is 5.54 Å². The molecule has 146 valence electrons. The first-order valence-electron chi connectivity index (χ1n) is 9.95. The second-order valence-electron chi connectivity index (χ2n) is 8.90. The van der Waals surface area contributed by atoms with Crippen LogP contribution in [-0.2, 0) is 5.54 Å². The van der Waals surface area contributed by atoms with Gasteiger partial charge >= 0.3 is 0 Å². The molecule has 3 aliphatic heterocycles. The molecular formula is C22H25ClN4O. The van der Waals surface area contributed by atoms with Gasteiger partial charge in [0.25, 0.3) is 5.91 Å².